The van der Waals surface area contributed by atoms with Crippen molar-refractivity contribution in [3.63, 3.8) is 0 Å². The molecule has 3 N–H and O–H groups in total. The molecule has 1 aromatic carbocycles. The van der Waals surface area contributed by atoms with E-state index < -0.39 is 0 Å². The Morgan fingerprint density at radius 2 is 2.00 bits per heavy atom. The van der Waals surface area contributed by atoms with Crippen LogP contribution in [0.15, 0.2) is 48.2 Å². The molecule has 3 fully saturated rings. The molecular weight excluding hydrogens is 432 g/mol. The molecule has 186 valence electrons. The summed E-state index contributed by atoms with van der Waals surface area (Å²) >= 11 is 0. The van der Waals surface area contributed by atoms with E-state index in [9.17, 15) is 4.79 Å². The van der Waals surface area contributed by atoms with Crippen molar-refractivity contribution in [1.29, 1.82) is 0 Å². The van der Waals surface area contributed by atoms with E-state index in [2.05, 4.69) is 69.3 Å². The van der Waals surface area contributed by atoms with Crippen LogP contribution in [0.4, 0.5) is 0 Å². The predicted molar refractivity (Wildman–Crippen MR) is 137 cm³/mol. The Morgan fingerprint density at radius 3 is 2.83 bits per heavy atom. The van der Waals surface area contributed by atoms with Gasteiger partial charge in [0.2, 0.25) is 5.91 Å². The third-order valence-corrected chi connectivity index (χ3v) is 9.44. The third kappa shape index (κ3) is 4.26. The van der Waals surface area contributed by atoms with Crippen LogP contribution in [-0.4, -0.2) is 41.5 Å². The quantitative estimate of drug-likeness (QED) is 0.519. The van der Waals surface area contributed by atoms with Crippen molar-refractivity contribution < 1.29 is 14.7 Å². The van der Waals surface area contributed by atoms with Crippen LogP contribution in [0.3, 0.4) is 0 Å². The molecule has 35 heavy (non-hydrogen) atoms. The van der Waals surface area contributed by atoms with E-state index in [4.69, 9.17) is 0 Å². The highest BCUT2D eigenvalue weighted by atomic mass is 16.2. The number of quaternary nitrogens is 1. The van der Waals surface area contributed by atoms with E-state index >= 15 is 0 Å². The monoisotopic (exact) mass is 474 g/mol. The Hall–Kier alpha value is -2.40. The number of likely N-dealkylation sites (tertiary alicyclic amines) is 1. The maximum atomic E-state index is 14.4. The van der Waals surface area contributed by atoms with E-state index in [1.165, 1.54) is 49.2 Å². The number of carbonyl (C=O) groups is 1. The number of nitrogens with zero attached hydrogens (tertiary/aromatic N) is 2. The van der Waals surface area contributed by atoms with Crippen molar-refractivity contribution in [2.24, 2.45) is 5.92 Å². The van der Waals surface area contributed by atoms with Crippen molar-refractivity contribution >= 4 is 5.91 Å². The molecule has 2 saturated heterocycles. The summed E-state index contributed by atoms with van der Waals surface area (Å²) in [5.74, 6) is 2.31. The number of aryl methyl sites for hydroxylation is 2. The number of carbonyl (C=O) groups excluding carboxylic acids is 1. The molecule has 1 aliphatic carbocycles. The molecule has 0 radical (unpaired) electrons. The van der Waals surface area contributed by atoms with Gasteiger partial charge in [0.1, 0.15) is 23.2 Å². The van der Waals surface area contributed by atoms with E-state index in [0.717, 1.165) is 51.9 Å². The lowest BCUT2D eigenvalue weighted by atomic mass is 9.71. The van der Waals surface area contributed by atoms with Crippen LogP contribution >= 0.6 is 0 Å². The number of piperidine rings is 1. The topological polar surface area (TPSA) is 56.6 Å². The van der Waals surface area contributed by atoms with E-state index in [1.807, 2.05) is 0 Å². The van der Waals surface area contributed by atoms with Gasteiger partial charge < -0.3 is 10.2 Å². The molecule has 1 spiro atoms. The molecule has 4 heterocycles. The summed E-state index contributed by atoms with van der Waals surface area (Å²) in [6.07, 6.45) is 15.6. The minimum atomic E-state index is -0.0532. The van der Waals surface area contributed by atoms with Gasteiger partial charge in [-0.3, -0.25) is 4.79 Å². The molecule has 1 aromatic heterocycles. The minimum absolute atomic E-state index is 0.0532. The molecular formula is C30H42N4O+2. The molecule has 3 aliphatic heterocycles. The maximum absolute atomic E-state index is 14.4. The number of fused-ring (bicyclic) bond motifs is 2. The zero-order valence-corrected chi connectivity index (χ0v) is 21.3. The van der Waals surface area contributed by atoms with Gasteiger partial charge in [-0.15, -0.1) is 0 Å². The van der Waals surface area contributed by atoms with Crippen LogP contribution < -0.4 is 9.88 Å². The van der Waals surface area contributed by atoms with E-state index in [-0.39, 0.29) is 17.4 Å². The molecule has 4 atom stereocenters. The molecule has 5 nitrogen and oxygen atoms in total. The third-order valence-electron chi connectivity index (χ3n) is 9.44. The normalized spacial score (nSPS) is 30.9. The number of nitrogens with two attached hydrogens (primary N) is 1. The first-order valence-electron chi connectivity index (χ1n) is 14.1. The van der Waals surface area contributed by atoms with Gasteiger partial charge >= 0.3 is 0 Å². The lowest BCUT2D eigenvalue weighted by Crippen LogP contribution is -2.83. The summed E-state index contributed by atoms with van der Waals surface area (Å²) in [6, 6.07) is 11.2. The first-order chi connectivity index (χ1) is 17.1. The summed E-state index contributed by atoms with van der Waals surface area (Å²) in [5, 5.41) is 2.40. The second-order valence-corrected chi connectivity index (χ2v) is 11.6. The molecule has 6 rings (SSSR count). The van der Waals surface area contributed by atoms with Crippen LogP contribution in [0.1, 0.15) is 80.8 Å². The number of amides is 1. The number of rotatable bonds is 3. The zero-order chi connectivity index (χ0) is 23.8. The van der Waals surface area contributed by atoms with Gasteiger partial charge in [0, 0.05) is 13.5 Å². The Balaban J connectivity index is 1.30. The molecule has 0 unspecified atom stereocenters. The Labute approximate surface area is 210 Å². The predicted octanol–water partition coefficient (Wildman–Crippen LogP) is 3.50. The van der Waals surface area contributed by atoms with Crippen LogP contribution in [0.25, 0.3) is 0 Å². The van der Waals surface area contributed by atoms with Crippen molar-refractivity contribution in [1.82, 2.24) is 9.88 Å². The van der Waals surface area contributed by atoms with E-state index in [0.29, 0.717) is 11.8 Å². The Bertz CT molecular complexity index is 1080. The number of hydrogen-bond acceptors (Lipinski definition) is 1. The first kappa shape index (κ1) is 23.0. The van der Waals surface area contributed by atoms with Gasteiger partial charge in [0.25, 0.3) is 5.82 Å². The fraction of sp³-hybridized carbons (Fsp3) is 0.600. The largest absolute Gasteiger partial charge is 0.345 e. The van der Waals surface area contributed by atoms with Gasteiger partial charge in [-0.05, 0) is 62.8 Å². The van der Waals surface area contributed by atoms with Crippen molar-refractivity contribution in [3.05, 3.63) is 65.3 Å². The smallest absolute Gasteiger partial charge is 0.267 e. The van der Waals surface area contributed by atoms with Crippen molar-refractivity contribution in [3.8, 4) is 0 Å². The van der Waals surface area contributed by atoms with Gasteiger partial charge in [0.05, 0.1) is 25.7 Å². The van der Waals surface area contributed by atoms with Gasteiger partial charge in [0.15, 0.2) is 0 Å². The zero-order valence-electron chi connectivity index (χ0n) is 21.3. The Kier molecular flexibility index (Phi) is 6.30. The lowest BCUT2D eigenvalue weighted by Gasteiger charge is -2.42. The van der Waals surface area contributed by atoms with Crippen molar-refractivity contribution in [2.45, 2.75) is 88.6 Å². The molecule has 0 bridgehead atoms. The molecule has 5 heteroatoms. The first-order valence-corrected chi connectivity index (χ1v) is 14.1. The molecule has 1 amide bonds. The van der Waals surface area contributed by atoms with Gasteiger partial charge in [-0.2, -0.15) is 0 Å². The second-order valence-electron chi connectivity index (χ2n) is 11.6. The fourth-order valence-corrected chi connectivity index (χ4v) is 7.71. The average Bonchev–Trinajstić information content (AvgIpc) is 3.49. The van der Waals surface area contributed by atoms with Crippen LogP contribution in [0.2, 0.25) is 0 Å². The van der Waals surface area contributed by atoms with Crippen LogP contribution in [-0.2, 0) is 16.8 Å². The molecule has 1 saturated carbocycles. The highest BCUT2D eigenvalue weighted by Crippen LogP contribution is 2.41. The number of hydrogen-bond donors (Lipinski definition) is 2. The number of nitrogens with one attached hydrogen (secondary N) is 1. The van der Waals surface area contributed by atoms with E-state index in [1.54, 1.807) is 5.57 Å². The minimum Gasteiger partial charge on any atom is -0.345 e. The number of aromatic amines is 1. The average molecular weight is 475 g/mol. The number of benzene rings is 1. The lowest BCUT2D eigenvalue weighted by molar-refractivity contribution is -0.717. The SMILES string of the molecule is Cc1c[n+]2c([nH]1)[C@]1(CCC2)C[NH2+]C[C@H]1C(=O)N1CC[C@@H](c2ccccc2)C[C@H]1C=C1CCCCC1. The van der Waals surface area contributed by atoms with Crippen LogP contribution in [0.5, 0.6) is 0 Å². The number of aromatic nitrogens is 2. The Morgan fingerprint density at radius 1 is 1.17 bits per heavy atom. The number of H-pyrrole nitrogens is 1. The fourth-order valence-electron chi connectivity index (χ4n) is 7.71. The van der Waals surface area contributed by atoms with Crippen molar-refractivity contribution in [2.75, 3.05) is 19.6 Å². The highest BCUT2D eigenvalue weighted by Gasteiger charge is 2.59. The molecule has 4 aliphatic rings. The standard InChI is InChI=1S/C30H40N4O/c1-22-20-33-15-8-14-30(29(33)32-22)21-31-19-27(30)28(35)34-16-13-25(24-11-6-3-7-12-24)18-26(34)17-23-9-4-2-5-10-23/h3,6-7,11-12,17,20,25-27,31H,2,4-5,8-10,13-16,18-19,21H2,1H3/p+2/t25-,26-,27+,30-/m1/s1. The summed E-state index contributed by atoms with van der Waals surface area (Å²) in [4.78, 5) is 20.4. The number of imidazole rings is 1. The second kappa shape index (κ2) is 9.57. The highest BCUT2D eigenvalue weighted by molar-refractivity contribution is 5.81. The van der Waals surface area contributed by atoms with Gasteiger partial charge in [-0.1, -0.05) is 48.4 Å². The number of allylic oxidation sites excluding steroid dienone is 1. The summed E-state index contributed by atoms with van der Waals surface area (Å²) in [6.45, 7) is 6.03. The summed E-state index contributed by atoms with van der Waals surface area (Å²) in [7, 11) is 0. The summed E-state index contributed by atoms with van der Waals surface area (Å²) in [5.41, 5.74) is 4.19. The maximum Gasteiger partial charge on any atom is 0.267 e. The molecule has 2 aromatic rings. The van der Waals surface area contributed by atoms with Gasteiger partial charge in [-0.25, -0.2) is 9.55 Å². The van der Waals surface area contributed by atoms with Crippen LogP contribution in [0, 0.1) is 12.8 Å². The summed E-state index contributed by atoms with van der Waals surface area (Å²) < 4.78 is 2.40.